The summed E-state index contributed by atoms with van der Waals surface area (Å²) in [4.78, 5) is 12.1. The van der Waals surface area contributed by atoms with Gasteiger partial charge in [-0.05, 0) is 28.9 Å². The number of esters is 1. The molecule has 2 heterocycles. The van der Waals surface area contributed by atoms with Crippen molar-refractivity contribution in [3.8, 4) is 0 Å². The average molecular weight is 388 g/mol. The first-order chi connectivity index (χ1) is 10.3. The second-order valence-corrected chi connectivity index (χ2v) is 12.8. The highest BCUT2D eigenvalue weighted by Gasteiger charge is 2.21. The van der Waals surface area contributed by atoms with Crippen molar-refractivity contribution in [1.29, 1.82) is 0 Å². The number of hydrogen-bond acceptors (Lipinski definition) is 4. The predicted molar refractivity (Wildman–Crippen MR) is 92.0 cm³/mol. The van der Waals surface area contributed by atoms with Crippen molar-refractivity contribution in [3.63, 3.8) is 0 Å². The van der Waals surface area contributed by atoms with Crippen LogP contribution in [0.4, 0.5) is 0 Å². The van der Waals surface area contributed by atoms with Crippen LogP contribution in [0.3, 0.4) is 0 Å². The molecule has 0 spiro atoms. The van der Waals surface area contributed by atoms with E-state index in [2.05, 4.69) is 35.6 Å². The number of fused-ring (bicyclic) bond motifs is 1. The fraction of sp³-hybridized carbons (Fsp3) is 0.533. The average Bonchev–Trinajstić information content (AvgIpc) is 2.95. The second-order valence-electron chi connectivity index (χ2n) is 6.32. The molecule has 0 N–H and O–H groups in total. The molecule has 5 nitrogen and oxygen atoms in total. The van der Waals surface area contributed by atoms with Crippen LogP contribution >= 0.6 is 15.9 Å². The van der Waals surface area contributed by atoms with E-state index in [1.807, 2.05) is 0 Å². The van der Waals surface area contributed by atoms with Crippen LogP contribution in [0.25, 0.3) is 11.1 Å². The summed E-state index contributed by atoms with van der Waals surface area (Å²) in [7, 11) is -1.13. The molecule has 2 aromatic rings. The molecule has 0 bridgehead atoms. The number of carbonyl (C=O) groups excluding carboxylic acids is 1. The van der Waals surface area contributed by atoms with E-state index in [0.717, 1.165) is 16.0 Å². The fourth-order valence-corrected chi connectivity index (χ4v) is 3.33. The predicted octanol–water partition coefficient (Wildman–Crippen LogP) is 4.49. The lowest BCUT2D eigenvalue weighted by atomic mass is 10.4. The van der Waals surface area contributed by atoms with Crippen LogP contribution in [0, 0.1) is 0 Å². The van der Waals surface area contributed by atoms with Gasteiger partial charge in [0, 0.05) is 20.7 Å². The van der Waals surface area contributed by atoms with Gasteiger partial charge < -0.3 is 18.5 Å². The van der Waals surface area contributed by atoms with Crippen LogP contribution in [-0.4, -0.2) is 31.8 Å². The molecule has 0 atom stereocenters. The molecule has 0 amide bonds. The summed E-state index contributed by atoms with van der Waals surface area (Å²) in [6.07, 6.45) is 1.61. The molecule has 0 fully saturated rings. The third-order valence-electron chi connectivity index (χ3n) is 3.28. The van der Waals surface area contributed by atoms with Crippen molar-refractivity contribution in [1.82, 2.24) is 4.57 Å². The molecule has 7 heteroatoms. The van der Waals surface area contributed by atoms with E-state index in [-0.39, 0.29) is 5.97 Å². The zero-order valence-electron chi connectivity index (χ0n) is 13.4. The summed E-state index contributed by atoms with van der Waals surface area (Å²) in [5, 5.41) is 0. The van der Waals surface area contributed by atoms with Crippen LogP contribution < -0.4 is 0 Å². The van der Waals surface area contributed by atoms with Crippen LogP contribution in [0.15, 0.2) is 21.2 Å². The molecule has 0 saturated carbocycles. The molecule has 0 saturated heterocycles. The van der Waals surface area contributed by atoms with E-state index in [1.165, 1.54) is 0 Å². The number of aromatic nitrogens is 1. The summed E-state index contributed by atoms with van der Waals surface area (Å²) in [5.74, 6) is -0.366. The molecule has 0 aromatic carbocycles. The largest absolute Gasteiger partial charge is 0.461 e. The van der Waals surface area contributed by atoms with E-state index >= 15 is 0 Å². The monoisotopic (exact) mass is 387 g/mol. The SMILES string of the molecule is CCOC(=O)c1cc2occ(Br)c2n1COCC[Si](C)(C)C. The van der Waals surface area contributed by atoms with Gasteiger partial charge >= 0.3 is 5.97 Å². The number of rotatable bonds is 7. The Labute approximate surface area is 139 Å². The number of hydrogen-bond donors (Lipinski definition) is 0. The number of furan rings is 1. The highest BCUT2D eigenvalue weighted by Crippen LogP contribution is 2.30. The molecule has 0 unspecified atom stereocenters. The van der Waals surface area contributed by atoms with Gasteiger partial charge in [-0.3, -0.25) is 0 Å². The minimum atomic E-state index is -1.13. The second kappa shape index (κ2) is 7.02. The maximum atomic E-state index is 12.1. The third kappa shape index (κ3) is 4.02. The van der Waals surface area contributed by atoms with Gasteiger partial charge in [-0.1, -0.05) is 19.6 Å². The van der Waals surface area contributed by atoms with Gasteiger partial charge in [0.1, 0.15) is 24.2 Å². The van der Waals surface area contributed by atoms with Crippen LogP contribution in [0.2, 0.25) is 25.7 Å². The Morgan fingerprint density at radius 2 is 2.14 bits per heavy atom. The number of carbonyl (C=O) groups is 1. The first-order valence-corrected chi connectivity index (χ1v) is 11.8. The van der Waals surface area contributed by atoms with E-state index in [4.69, 9.17) is 13.9 Å². The van der Waals surface area contributed by atoms with Gasteiger partial charge in [0.25, 0.3) is 0 Å². The molecular weight excluding hydrogens is 366 g/mol. The van der Waals surface area contributed by atoms with Gasteiger partial charge in [-0.25, -0.2) is 4.79 Å². The summed E-state index contributed by atoms with van der Waals surface area (Å²) < 4.78 is 18.9. The Hall–Kier alpha value is -1.05. The minimum Gasteiger partial charge on any atom is -0.461 e. The molecule has 0 aliphatic rings. The van der Waals surface area contributed by atoms with Crippen LogP contribution in [-0.2, 0) is 16.2 Å². The Morgan fingerprint density at radius 3 is 2.77 bits per heavy atom. The van der Waals surface area contributed by atoms with Crippen LogP contribution in [0.5, 0.6) is 0 Å². The minimum absolute atomic E-state index is 0.306. The Balaban J connectivity index is 2.19. The molecule has 0 radical (unpaired) electrons. The van der Waals surface area contributed by atoms with Gasteiger partial charge in [0.05, 0.1) is 11.1 Å². The lowest BCUT2D eigenvalue weighted by molar-refractivity contribution is 0.0477. The zero-order valence-corrected chi connectivity index (χ0v) is 16.0. The van der Waals surface area contributed by atoms with Crippen molar-refractivity contribution in [3.05, 3.63) is 22.5 Å². The number of nitrogens with zero attached hydrogens (tertiary/aromatic N) is 1. The normalized spacial score (nSPS) is 12.0. The van der Waals surface area contributed by atoms with E-state index in [0.29, 0.717) is 31.2 Å². The molecule has 2 rings (SSSR count). The molecule has 2 aromatic heterocycles. The quantitative estimate of drug-likeness (QED) is 0.399. The first-order valence-electron chi connectivity index (χ1n) is 7.34. The summed E-state index contributed by atoms with van der Waals surface area (Å²) in [5.41, 5.74) is 1.91. The van der Waals surface area contributed by atoms with Crippen molar-refractivity contribution < 1.29 is 18.7 Å². The summed E-state index contributed by atoms with van der Waals surface area (Å²) >= 11 is 3.44. The topological polar surface area (TPSA) is 53.6 Å². The maximum absolute atomic E-state index is 12.1. The van der Waals surface area contributed by atoms with Crippen molar-refractivity contribution in [2.24, 2.45) is 0 Å². The zero-order chi connectivity index (χ0) is 16.3. The Kier molecular flexibility index (Phi) is 5.52. The number of halogens is 1. The summed E-state index contributed by atoms with van der Waals surface area (Å²) in [6.45, 7) is 10.0. The Bertz CT molecular complexity index is 656. The number of ether oxygens (including phenoxy) is 2. The van der Waals surface area contributed by atoms with E-state index in [9.17, 15) is 4.79 Å². The van der Waals surface area contributed by atoms with Gasteiger partial charge in [0.2, 0.25) is 0 Å². The first kappa shape index (κ1) is 17.3. The smallest absolute Gasteiger partial charge is 0.355 e. The molecule has 0 aliphatic heterocycles. The van der Waals surface area contributed by atoms with E-state index in [1.54, 1.807) is 23.8 Å². The van der Waals surface area contributed by atoms with Crippen molar-refractivity contribution in [2.75, 3.05) is 13.2 Å². The highest BCUT2D eigenvalue weighted by atomic mass is 79.9. The standard InChI is InChI=1S/C15H22BrNO4Si/c1-5-20-15(18)12-8-13-14(11(16)9-21-13)17(12)10-19-6-7-22(2,3)4/h8-9H,5-7,10H2,1-4H3. The fourth-order valence-electron chi connectivity index (χ4n) is 2.07. The van der Waals surface area contributed by atoms with Gasteiger partial charge in [-0.2, -0.15) is 0 Å². The molecule has 0 aliphatic carbocycles. The lowest BCUT2D eigenvalue weighted by Crippen LogP contribution is -2.22. The lowest BCUT2D eigenvalue weighted by Gasteiger charge is -2.16. The Morgan fingerprint density at radius 1 is 1.41 bits per heavy atom. The molecule has 122 valence electrons. The third-order valence-corrected chi connectivity index (χ3v) is 5.55. The van der Waals surface area contributed by atoms with Crippen molar-refractivity contribution in [2.45, 2.75) is 39.3 Å². The van der Waals surface area contributed by atoms with E-state index < -0.39 is 8.07 Å². The molecular formula is C15H22BrNO4Si. The van der Waals surface area contributed by atoms with Gasteiger partial charge in [-0.15, -0.1) is 0 Å². The van der Waals surface area contributed by atoms with Crippen LogP contribution in [0.1, 0.15) is 17.4 Å². The van der Waals surface area contributed by atoms with Gasteiger partial charge in [0.15, 0.2) is 5.58 Å². The molecule has 22 heavy (non-hydrogen) atoms. The van der Waals surface area contributed by atoms with Crippen molar-refractivity contribution >= 4 is 41.1 Å². The highest BCUT2D eigenvalue weighted by molar-refractivity contribution is 9.10. The maximum Gasteiger partial charge on any atom is 0.355 e. The summed E-state index contributed by atoms with van der Waals surface area (Å²) in [6, 6.07) is 2.78.